The Labute approximate surface area is 132 Å². The second-order valence-corrected chi connectivity index (χ2v) is 6.15. The maximum Gasteiger partial charge on any atom is 0.354 e. The first kappa shape index (κ1) is 16.3. The fourth-order valence-corrected chi connectivity index (χ4v) is 2.23. The molecule has 22 heavy (non-hydrogen) atoms. The van der Waals surface area contributed by atoms with E-state index in [0.717, 1.165) is 0 Å². The molecule has 0 aliphatic carbocycles. The third kappa shape index (κ3) is 3.57. The molecule has 0 aliphatic rings. The van der Waals surface area contributed by atoms with E-state index in [1.807, 2.05) is 0 Å². The number of halogens is 1. The summed E-state index contributed by atoms with van der Waals surface area (Å²) >= 11 is 5.85. The number of fused-ring (bicyclic) bond motifs is 1. The summed E-state index contributed by atoms with van der Waals surface area (Å²) < 4.78 is 10.0. The first-order valence-electron chi connectivity index (χ1n) is 6.68. The van der Waals surface area contributed by atoms with Crippen molar-refractivity contribution in [1.29, 1.82) is 0 Å². The molecule has 0 spiro atoms. The van der Waals surface area contributed by atoms with Gasteiger partial charge in [0.1, 0.15) is 22.1 Å². The molecule has 2 aromatic rings. The van der Waals surface area contributed by atoms with Crippen LogP contribution in [-0.4, -0.2) is 34.6 Å². The van der Waals surface area contributed by atoms with Gasteiger partial charge in [-0.2, -0.15) is 0 Å². The van der Waals surface area contributed by atoms with Crippen molar-refractivity contribution in [2.24, 2.45) is 0 Å². The van der Waals surface area contributed by atoms with Crippen LogP contribution in [0.5, 0.6) is 0 Å². The van der Waals surface area contributed by atoms with Gasteiger partial charge in [-0.3, -0.25) is 4.79 Å². The Morgan fingerprint density at radius 3 is 2.59 bits per heavy atom. The highest BCUT2D eigenvalue weighted by atomic mass is 35.5. The van der Waals surface area contributed by atoms with E-state index < -0.39 is 17.5 Å². The Balaban J connectivity index is 2.45. The minimum absolute atomic E-state index is 0.0645. The van der Waals surface area contributed by atoms with Crippen molar-refractivity contribution in [2.75, 3.05) is 7.11 Å². The molecule has 7 heteroatoms. The van der Waals surface area contributed by atoms with Crippen LogP contribution in [0.1, 0.15) is 36.8 Å². The fourth-order valence-electron chi connectivity index (χ4n) is 2.08. The monoisotopic (exact) mass is 324 g/mol. The number of carbonyl (C=O) groups is 2. The lowest BCUT2D eigenvalue weighted by atomic mass is 10.1. The Morgan fingerprint density at radius 2 is 2.00 bits per heavy atom. The summed E-state index contributed by atoms with van der Waals surface area (Å²) in [6.45, 7) is 5.34. The molecule has 0 amide bonds. The minimum atomic E-state index is -0.601. The summed E-state index contributed by atoms with van der Waals surface area (Å²) in [6, 6.07) is 3.30. The second kappa shape index (κ2) is 5.96. The van der Waals surface area contributed by atoms with Gasteiger partial charge in [-0.25, -0.2) is 9.78 Å². The maximum atomic E-state index is 12.1. The van der Waals surface area contributed by atoms with E-state index in [1.165, 1.54) is 7.11 Å². The van der Waals surface area contributed by atoms with Crippen LogP contribution < -0.4 is 0 Å². The van der Waals surface area contributed by atoms with E-state index in [4.69, 9.17) is 21.1 Å². The smallest absolute Gasteiger partial charge is 0.354 e. The third-order valence-electron chi connectivity index (χ3n) is 2.86. The second-order valence-electron chi connectivity index (χ2n) is 5.76. The molecule has 0 fully saturated rings. The average molecular weight is 325 g/mol. The van der Waals surface area contributed by atoms with Crippen LogP contribution in [0.25, 0.3) is 11.0 Å². The van der Waals surface area contributed by atoms with Crippen molar-refractivity contribution in [3.63, 3.8) is 0 Å². The molecule has 0 aromatic carbocycles. The Bertz CT molecular complexity index is 731. The highest BCUT2D eigenvalue weighted by molar-refractivity contribution is 6.29. The van der Waals surface area contributed by atoms with Crippen LogP contribution in [-0.2, 0) is 20.7 Å². The van der Waals surface area contributed by atoms with E-state index in [1.54, 1.807) is 32.9 Å². The average Bonchev–Trinajstić information content (AvgIpc) is 2.73. The standard InChI is InChI=1S/C15H17ClN2O4/c1-15(2,3)22-11(19)7-9-8-5-6-10(16)17-13(8)18-12(9)14(20)21-4/h5-6H,7H2,1-4H3,(H,17,18). The Hall–Kier alpha value is -2.08. The number of esters is 2. The van der Waals surface area contributed by atoms with Crippen LogP contribution in [0, 0.1) is 0 Å². The van der Waals surface area contributed by atoms with Crippen molar-refractivity contribution in [2.45, 2.75) is 32.8 Å². The van der Waals surface area contributed by atoms with Gasteiger partial charge >= 0.3 is 11.9 Å². The molecule has 0 bridgehead atoms. The number of H-pyrrole nitrogens is 1. The normalized spacial score (nSPS) is 11.5. The molecule has 0 saturated carbocycles. The predicted octanol–water partition coefficient (Wildman–Crippen LogP) is 2.89. The number of nitrogens with one attached hydrogen (secondary N) is 1. The molecular weight excluding hydrogens is 308 g/mol. The number of nitrogens with zero attached hydrogens (tertiary/aromatic N) is 1. The lowest BCUT2D eigenvalue weighted by Gasteiger charge is -2.19. The van der Waals surface area contributed by atoms with Crippen molar-refractivity contribution in [3.05, 3.63) is 28.5 Å². The van der Waals surface area contributed by atoms with E-state index in [2.05, 4.69) is 9.97 Å². The molecule has 0 atom stereocenters. The predicted molar refractivity (Wildman–Crippen MR) is 82.0 cm³/mol. The maximum absolute atomic E-state index is 12.1. The van der Waals surface area contributed by atoms with Crippen molar-refractivity contribution in [3.8, 4) is 0 Å². The van der Waals surface area contributed by atoms with Gasteiger partial charge in [0.05, 0.1) is 13.5 Å². The molecule has 2 heterocycles. The fraction of sp³-hybridized carbons (Fsp3) is 0.400. The van der Waals surface area contributed by atoms with E-state index >= 15 is 0 Å². The number of aromatic nitrogens is 2. The number of pyridine rings is 1. The molecular formula is C15H17ClN2O4. The number of aromatic amines is 1. The van der Waals surface area contributed by atoms with E-state index in [-0.39, 0.29) is 17.3 Å². The summed E-state index contributed by atoms with van der Waals surface area (Å²) in [5.74, 6) is -1.01. The molecule has 0 aliphatic heterocycles. The van der Waals surface area contributed by atoms with Gasteiger partial charge in [-0.05, 0) is 32.9 Å². The van der Waals surface area contributed by atoms with Gasteiger partial charge in [-0.15, -0.1) is 0 Å². The van der Waals surface area contributed by atoms with Gasteiger partial charge in [0.25, 0.3) is 0 Å². The highest BCUT2D eigenvalue weighted by Gasteiger charge is 2.24. The summed E-state index contributed by atoms with van der Waals surface area (Å²) in [7, 11) is 1.27. The zero-order chi connectivity index (χ0) is 16.5. The topological polar surface area (TPSA) is 81.3 Å². The molecule has 1 N–H and O–H groups in total. The molecule has 0 saturated heterocycles. The molecule has 0 unspecified atom stereocenters. The van der Waals surface area contributed by atoms with Crippen LogP contribution in [0.2, 0.25) is 5.15 Å². The molecule has 2 aromatic heterocycles. The quantitative estimate of drug-likeness (QED) is 0.693. The number of rotatable bonds is 3. The number of hydrogen-bond acceptors (Lipinski definition) is 5. The van der Waals surface area contributed by atoms with Gasteiger partial charge in [0.15, 0.2) is 0 Å². The summed E-state index contributed by atoms with van der Waals surface area (Å²) in [4.78, 5) is 30.9. The van der Waals surface area contributed by atoms with Crippen LogP contribution in [0.3, 0.4) is 0 Å². The van der Waals surface area contributed by atoms with Crippen LogP contribution in [0.15, 0.2) is 12.1 Å². The van der Waals surface area contributed by atoms with Gasteiger partial charge in [-0.1, -0.05) is 11.6 Å². The van der Waals surface area contributed by atoms with E-state index in [9.17, 15) is 9.59 Å². The SMILES string of the molecule is COC(=O)c1[nH]c2nc(Cl)ccc2c1CC(=O)OC(C)(C)C. The van der Waals surface area contributed by atoms with Gasteiger partial charge in [0.2, 0.25) is 0 Å². The van der Waals surface area contributed by atoms with Crippen molar-refractivity contribution in [1.82, 2.24) is 9.97 Å². The number of ether oxygens (including phenoxy) is 2. The third-order valence-corrected chi connectivity index (χ3v) is 3.07. The molecule has 0 radical (unpaired) electrons. The molecule has 118 valence electrons. The number of carbonyl (C=O) groups excluding carboxylic acids is 2. The Kier molecular flexibility index (Phi) is 4.42. The highest BCUT2D eigenvalue weighted by Crippen LogP contribution is 2.25. The lowest BCUT2D eigenvalue weighted by molar-refractivity contribution is -0.153. The van der Waals surface area contributed by atoms with Crippen LogP contribution in [0.4, 0.5) is 0 Å². The summed E-state index contributed by atoms with van der Waals surface area (Å²) in [5.41, 5.74) is 0.487. The summed E-state index contributed by atoms with van der Waals surface area (Å²) in [5, 5.41) is 0.921. The van der Waals surface area contributed by atoms with Crippen molar-refractivity contribution < 1.29 is 19.1 Å². The van der Waals surface area contributed by atoms with Gasteiger partial charge in [0, 0.05) is 10.9 Å². The molecule has 6 nitrogen and oxygen atoms in total. The van der Waals surface area contributed by atoms with Crippen molar-refractivity contribution >= 4 is 34.6 Å². The molecule has 2 rings (SSSR count). The first-order chi connectivity index (χ1) is 10.2. The minimum Gasteiger partial charge on any atom is -0.464 e. The largest absolute Gasteiger partial charge is 0.464 e. The zero-order valence-corrected chi connectivity index (χ0v) is 13.6. The number of methoxy groups -OCH3 is 1. The Morgan fingerprint density at radius 1 is 1.32 bits per heavy atom. The first-order valence-corrected chi connectivity index (χ1v) is 7.06. The zero-order valence-electron chi connectivity index (χ0n) is 12.8. The van der Waals surface area contributed by atoms with Gasteiger partial charge < -0.3 is 14.5 Å². The summed E-state index contributed by atoms with van der Waals surface area (Å²) in [6.07, 6.45) is -0.0645. The lowest BCUT2D eigenvalue weighted by Crippen LogP contribution is -2.25. The van der Waals surface area contributed by atoms with Crippen LogP contribution >= 0.6 is 11.6 Å². The van der Waals surface area contributed by atoms with E-state index in [0.29, 0.717) is 16.6 Å². The number of hydrogen-bond donors (Lipinski definition) is 1.